The molecule has 1 amide bonds. The van der Waals surface area contributed by atoms with Crippen molar-refractivity contribution in [1.29, 1.82) is 0 Å². The van der Waals surface area contributed by atoms with Gasteiger partial charge in [0, 0.05) is 75.4 Å². The van der Waals surface area contributed by atoms with Gasteiger partial charge >= 0.3 is 0 Å². The van der Waals surface area contributed by atoms with Crippen LogP contribution in [0.5, 0.6) is 0 Å². The van der Waals surface area contributed by atoms with Crippen LogP contribution in [0.2, 0.25) is 0 Å². The number of amides is 1. The Bertz CT molecular complexity index is 1160. The van der Waals surface area contributed by atoms with Gasteiger partial charge in [-0.3, -0.25) is 24.9 Å². The van der Waals surface area contributed by atoms with Gasteiger partial charge in [0.2, 0.25) is 16.4 Å². The van der Waals surface area contributed by atoms with Crippen molar-refractivity contribution in [2.24, 2.45) is 4.99 Å². The molecule has 4 rings (SSSR count). The van der Waals surface area contributed by atoms with E-state index in [0.29, 0.717) is 56.3 Å². The maximum atomic E-state index is 13.1. The van der Waals surface area contributed by atoms with Crippen LogP contribution in [0.25, 0.3) is 5.57 Å². The average molecular weight is 515 g/mol. The van der Waals surface area contributed by atoms with Crippen LogP contribution in [0, 0.1) is 0 Å². The maximum Gasteiger partial charge on any atom is 0.233 e. The van der Waals surface area contributed by atoms with Gasteiger partial charge in [-0.2, -0.15) is 4.31 Å². The van der Waals surface area contributed by atoms with Gasteiger partial charge in [-0.05, 0) is 36.6 Å². The predicted octanol–water partition coefficient (Wildman–Crippen LogP) is 0.357. The molecule has 0 spiro atoms. The van der Waals surface area contributed by atoms with Crippen molar-refractivity contribution < 1.29 is 18.4 Å². The third kappa shape index (κ3) is 6.69. The van der Waals surface area contributed by atoms with E-state index < -0.39 is 16.1 Å². The largest absolute Gasteiger partial charge is 0.357 e. The Labute approximate surface area is 210 Å². The number of nitrogens with one attached hydrogen (secondary N) is 1. The summed E-state index contributed by atoms with van der Waals surface area (Å²) in [6.07, 6.45) is 11.8. The van der Waals surface area contributed by atoms with E-state index in [4.69, 9.17) is 0 Å². The molecule has 0 radical (unpaired) electrons. The number of hydrogen-bond acceptors (Lipinski definition) is 10. The molecule has 0 aromatic carbocycles. The van der Waals surface area contributed by atoms with Gasteiger partial charge in [-0.15, -0.1) is 0 Å². The molecule has 2 aromatic rings. The van der Waals surface area contributed by atoms with Crippen LogP contribution < -0.4 is 5.32 Å². The van der Waals surface area contributed by atoms with Gasteiger partial charge < -0.3 is 5.32 Å². The second kappa shape index (κ2) is 12.1. The van der Waals surface area contributed by atoms with Crippen molar-refractivity contribution in [3.8, 4) is 0 Å². The Morgan fingerprint density at radius 2 is 1.86 bits per heavy atom. The highest BCUT2D eigenvalue weighted by Gasteiger charge is 2.33. The van der Waals surface area contributed by atoms with E-state index in [9.17, 15) is 18.4 Å². The van der Waals surface area contributed by atoms with E-state index in [-0.39, 0.29) is 18.5 Å². The number of nitrogens with zero attached hydrogens (tertiary/aromatic N) is 7. The highest BCUT2D eigenvalue weighted by Crippen LogP contribution is 2.18. The first kappa shape index (κ1) is 25.8. The van der Waals surface area contributed by atoms with Crippen molar-refractivity contribution >= 4 is 28.2 Å². The molecule has 36 heavy (non-hydrogen) atoms. The number of carbonyl (C=O) groups is 1. The summed E-state index contributed by atoms with van der Waals surface area (Å²) in [7, 11) is -3.69. The van der Waals surface area contributed by atoms with E-state index in [0.717, 1.165) is 11.1 Å². The highest BCUT2D eigenvalue weighted by molar-refractivity contribution is 7.89. The fourth-order valence-corrected chi connectivity index (χ4v) is 5.94. The molecular weight excluding hydrogens is 484 g/mol. The van der Waals surface area contributed by atoms with Crippen LogP contribution in [-0.4, -0.2) is 99.7 Å². The molecular formula is C23H30N8O4S. The molecule has 2 aliphatic heterocycles. The van der Waals surface area contributed by atoms with Gasteiger partial charge in [0.25, 0.3) is 0 Å². The van der Waals surface area contributed by atoms with E-state index in [1.54, 1.807) is 37.1 Å². The minimum Gasteiger partial charge on any atom is -0.357 e. The Hall–Kier alpha value is -3.26. The molecule has 13 heteroatoms. The van der Waals surface area contributed by atoms with E-state index in [2.05, 4.69) is 30.2 Å². The van der Waals surface area contributed by atoms with Crippen molar-refractivity contribution in [2.75, 3.05) is 31.9 Å². The molecule has 1 fully saturated rings. The Morgan fingerprint density at radius 3 is 2.50 bits per heavy atom. The molecule has 2 aliphatic rings. The third-order valence-corrected chi connectivity index (χ3v) is 8.17. The molecule has 2 atom stereocenters. The number of aryl methyl sites for hydroxylation is 1. The maximum absolute atomic E-state index is 13.1. The predicted molar refractivity (Wildman–Crippen MR) is 133 cm³/mol. The molecule has 2 aromatic heterocycles. The number of allylic oxidation sites excluding steroid dienone is 1. The lowest BCUT2D eigenvalue weighted by Gasteiger charge is -2.38. The quantitative estimate of drug-likeness (QED) is 0.247. The molecule has 4 heterocycles. The van der Waals surface area contributed by atoms with Crippen LogP contribution in [0.4, 0.5) is 0 Å². The topological polar surface area (TPSA) is 144 Å². The SMILES string of the molecule is O=CN(O)C(CCCc1ncccn1)CS(=O)(=O)N1CCN(C2N=CC(c3ccncc3)=CN2)CC1. The summed E-state index contributed by atoms with van der Waals surface area (Å²) < 4.78 is 27.6. The number of pyridine rings is 1. The summed E-state index contributed by atoms with van der Waals surface area (Å²) in [5.74, 6) is 0.281. The Balaban J connectivity index is 1.28. The lowest BCUT2D eigenvalue weighted by atomic mass is 10.1. The Kier molecular flexibility index (Phi) is 8.70. The van der Waals surface area contributed by atoms with Gasteiger partial charge in [0.1, 0.15) is 5.82 Å². The van der Waals surface area contributed by atoms with Crippen LogP contribution in [0.3, 0.4) is 0 Å². The van der Waals surface area contributed by atoms with Crippen LogP contribution in [0.1, 0.15) is 24.2 Å². The van der Waals surface area contributed by atoms with Gasteiger partial charge in [0.05, 0.1) is 11.8 Å². The molecule has 0 aliphatic carbocycles. The molecule has 1 saturated heterocycles. The van der Waals surface area contributed by atoms with E-state index in [1.807, 2.05) is 18.3 Å². The fraction of sp³-hybridized carbons (Fsp3) is 0.435. The number of aliphatic imine (C=N–C) groups is 1. The van der Waals surface area contributed by atoms with Crippen molar-refractivity contribution in [1.82, 2.24) is 34.5 Å². The number of hydrogen-bond donors (Lipinski definition) is 2. The Morgan fingerprint density at radius 1 is 1.14 bits per heavy atom. The molecule has 2 N–H and O–H groups in total. The number of sulfonamides is 1. The fourth-order valence-electron chi connectivity index (χ4n) is 4.21. The average Bonchev–Trinajstić information content (AvgIpc) is 2.93. The first-order valence-electron chi connectivity index (χ1n) is 11.8. The lowest BCUT2D eigenvalue weighted by molar-refractivity contribution is -0.158. The van der Waals surface area contributed by atoms with Gasteiger partial charge in [0.15, 0.2) is 6.29 Å². The zero-order valence-corrected chi connectivity index (χ0v) is 20.6. The number of piperazine rings is 1. The lowest BCUT2D eigenvalue weighted by Crippen LogP contribution is -2.56. The van der Waals surface area contributed by atoms with Gasteiger partial charge in [-0.1, -0.05) is 0 Å². The standard InChI is InChI=1S/C23H30N8O4S/c32-18-31(33)21(3-1-4-22-25-7-2-8-26-22)17-36(34,35)30-13-11-29(12-14-30)23-27-15-20(16-28-23)19-5-9-24-10-6-19/h2,5-10,15-16,18,21,23,27,33H,1,3-4,11-14,17H2. The molecule has 12 nitrogen and oxygen atoms in total. The number of rotatable bonds is 11. The number of hydroxylamine groups is 2. The van der Waals surface area contributed by atoms with Gasteiger partial charge in [-0.25, -0.2) is 23.4 Å². The smallest absolute Gasteiger partial charge is 0.233 e. The minimum absolute atomic E-state index is 0.248. The summed E-state index contributed by atoms with van der Waals surface area (Å²) in [4.78, 5) is 30.1. The van der Waals surface area contributed by atoms with Crippen molar-refractivity contribution in [3.63, 3.8) is 0 Å². The minimum atomic E-state index is -3.69. The molecule has 2 unspecified atom stereocenters. The third-order valence-electron chi connectivity index (χ3n) is 6.21. The van der Waals surface area contributed by atoms with Crippen LogP contribution in [-0.2, 0) is 21.2 Å². The summed E-state index contributed by atoms with van der Waals surface area (Å²) in [6.45, 7) is 1.60. The van der Waals surface area contributed by atoms with Crippen LogP contribution >= 0.6 is 0 Å². The normalized spacial score (nSPS) is 19.8. The molecule has 0 saturated carbocycles. The van der Waals surface area contributed by atoms with Crippen LogP contribution in [0.15, 0.2) is 54.2 Å². The molecule has 0 bridgehead atoms. The zero-order valence-electron chi connectivity index (χ0n) is 19.8. The first-order chi connectivity index (χ1) is 17.5. The second-order valence-corrected chi connectivity index (χ2v) is 10.6. The summed E-state index contributed by atoms with van der Waals surface area (Å²) >= 11 is 0. The highest BCUT2D eigenvalue weighted by atomic mass is 32.2. The van der Waals surface area contributed by atoms with Crippen molar-refractivity contribution in [2.45, 2.75) is 31.6 Å². The summed E-state index contributed by atoms with van der Waals surface area (Å²) in [6, 6.07) is 4.68. The van der Waals surface area contributed by atoms with E-state index in [1.165, 1.54) is 4.31 Å². The number of carbonyl (C=O) groups excluding carboxylic acids is 1. The summed E-state index contributed by atoms with van der Waals surface area (Å²) in [5, 5.41) is 13.7. The monoisotopic (exact) mass is 514 g/mol. The number of aromatic nitrogens is 3. The molecule has 192 valence electrons. The first-order valence-corrected chi connectivity index (χ1v) is 13.4. The van der Waals surface area contributed by atoms with Crippen molar-refractivity contribution in [3.05, 3.63) is 60.6 Å². The zero-order chi connectivity index (χ0) is 25.4. The second-order valence-electron chi connectivity index (χ2n) is 8.56. The summed E-state index contributed by atoms with van der Waals surface area (Å²) in [5.41, 5.74) is 1.96. The van der Waals surface area contributed by atoms with E-state index >= 15 is 0 Å².